The van der Waals surface area contributed by atoms with Crippen LogP contribution in [0.5, 0.6) is 11.5 Å². The second kappa shape index (κ2) is 7.02. The summed E-state index contributed by atoms with van der Waals surface area (Å²) in [5.74, 6) is 1.40. The molecule has 0 unspecified atom stereocenters. The molecular weight excluding hydrogens is 376 g/mol. The van der Waals surface area contributed by atoms with Gasteiger partial charge < -0.3 is 14.8 Å². The number of rotatable bonds is 5. The molecule has 1 aromatic heterocycles. The third kappa shape index (κ3) is 3.65. The Hall–Kier alpha value is -2.05. The molecule has 23 heavy (non-hydrogen) atoms. The van der Waals surface area contributed by atoms with Crippen molar-refractivity contribution in [3.63, 3.8) is 0 Å². The first-order valence-corrected chi connectivity index (χ1v) is 8.57. The molecular formula is C17H15BrN2O2S. The van der Waals surface area contributed by atoms with E-state index in [9.17, 15) is 0 Å². The molecule has 0 aliphatic rings. The van der Waals surface area contributed by atoms with Crippen LogP contribution >= 0.6 is 27.3 Å². The van der Waals surface area contributed by atoms with Crippen LogP contribution in [0, 0.1) is 0 Å². The zero-order chi connectivity index (χ0) is 16.2. The summed E-state index contributed by atoms with van der Waals surface area (Å²) in [6.07, 6.45) is 0. The van der Waals surface area contributed by atoms with Gasteiger partial charge in [-0.3, -0.25) is 0 Å². The van der Waals surface area contributed by atoms with Crippen molar-refractivity contribution in [2.45, 2.75) is 0 Å². The van der Waals surface area contributed by atoms with E-state index in [1.807, 2.05) is 47.8 Å². The van der Waals surface area contributed by atoms with E-state index < -0.39 is 0 Å². The van der Waals surface area contributed by atoms with Crippen molar-refractivity contribution in [3.8, 4) is 22.8 Å². The molecule has 0 saturated carbocycles. The maximum absolute atomic E-state index is 5.34. The number of aromatic nitrogens is 1. The fourth-order valence-electron chi connectivity index (χ4n) is 2.12. The topological polar surface area (TPSA) is 43.4 Å². The van der Waals surface area contributed by atoms with Crippen molar-refractivity contribution in [1.29, 1.82) is 0 Å². The third-order valence-electron chi connectivity index (χ3n) is 3.28. The fourth-order valence-corrected chi connectivity index (χ4v) is 3.12. The number of hydrogen-bond donors (Lipinski definition) is 1. The Labute approximate surface area is 147 Å². The highest BCUT2D eigenvalue weighted by atomic mass is 79.9. The molecule has 4 nitrogen and oxygen atoms in total. The molecule has 0 saturated heterocycles. The SMILES string of the molecule is COc1ccc(-c2csc(Nc3ccc(Br)cc3)n2)cc1OC. The summed E-state index contributed by atoms with van der Waals surface area (Å²) in [7, 11) is 3.25. The van der Waals surface area contributed by atoms with Crippen LogP contribution in [-0.4, -0.2) is 19.2 Å². The molecule has 2 aromatic carbocycles. The number of nitrogens with one attached hydrogen (secondary N) is 1. The summed E-state index contributed by atoms with van der Waals surface area (Å²) in [5, 5.41) is 6.16. The fraction of sp³-hybridized carbons (Fsp3) is 0.118. The second-order valence-corrected chi connectivity index (χ2v) is 6.51. The van der Waals surface area contributed by atoms with Crippen LogP contribution in [0.15, 0.2) is 52.3 Å². The van der Waals surface area contributed by atoms with Crippen LogP contribution in [0.25, 0.3) is 11.3 Å². The number of anilines is 2. The van der Waals surface area contributed by atoms with E-state index >= 15 is 0 Å². The molecule has 0 radical (unpaired) electrons. The Morgan fingerprint density at radius 1 is 1.00 bits per heavy atom. The van der Waals surface area contributed by atoms with E-state index in [1.165, 1.54) is 0 Å². The van der Waals surface area contributed by atoms with Crippen molar-refractivity contribution in [2.75, 3.05) is 19.5 Å². The van der Waals surface area contributed by atoms with E-state index in [1.54, 1.807) is 25.6 Å². The van der Waals surface area contributed by atoms with Gasteiger partial charge in [-0.15, -0.1) is 11.3 Å². The Bertz CT molecular complexity index is 803. The molecule has 1 heterocycles. The van der Waals surface area contributed by atoms with Gasteiger partial charge in [0.15, 0.2) is 16.6 Å². The standard InChI is InChI=1S/C17H15BrN2O2S/c1-21-15-8-3-11(9-16(15)22-2)14-10-23-17(20-14)19-13-6-4-12(18)5-7-13/h3-10H,1-2H3,(H,19,20). The molecule has 0 bridgehead atoms. The van der Waals surface area contributed by atoms with E-state index in [-0.39, 0.29) is 0 Å². The van der Waals surface area contributed by atoms with Gasteiger partial charge in [0.25, 0.3) is 0 Å². The van der Waals surface area contributed by atoms with Crippen LogP contribution in [0.3, 0.4) is 0 Å². The van der Waals surface area contributed by atoms with E-state index in [2.05, 4.69) is 26.2 Å². The lowest BCUT2D eigenvalue weighted by Gasteiger charge is -2.08. The summed E-state index contributed by atoms with van der Waals surface area (Å²) in [4.78, 5) is 4.63. The summed E-state index contributed by atoms with van der Waals surface area (Å²) in [6, 6.07) is 13.8. The van der Waals surface area contributed by atoms with Gasteiger partial charge >= 0.3 is 0 Å². The average Bonchev–Trinajstić information content (AvgIpc) is 3.05. The summed E-state index contributed by atoms with van der Waals surface area (Å²) in [6.45, 7) is 0. The molecule has 0 aliphatic heterocycles. The van der Waals surface area contributed by atoms with Gasteiger partial charge in [-0.25, -0.2) is 4.98 Å². The summed E-state index contributed by atoms with van der Waals surface area (Å²) < 4.78 is 11.7. The van der Waals surface area contributed by atoms with Crippen molar-refractivity contribution in [3.05, 3.63) is 52.3 Å². The highest BCUT2D eigenvalue weighted by molar-refractivity contribution is 9.10. The zero-order valence-corrected chi connectivity index (χ0v) is 15.1. The van der Waals surface area contributed by atoms with Gasteiger partial charge in [0.05, 0.1) is 19.9 Å². The van der Waals surface area contributed by atoms with Crippen LogP contribution < -0.4 is 14.8 Å². The van der Waals surface area contributed by atoms with Crippen molar-refractivity contribution in [1.82, 2.24) is 4.98 Å². The third-order valence-corrected chi connectivity index (χ3v) is 4.57. The van der Waals surface area contributed by atoms with Gasteiger partial charge in [0, 0.05) is 21.1 Å². The Morgan fingerprint density at radius 2 is 1.74 bits per heavy atom. The molecule has 0 spiro atoms. The minimum Gasteiger partial charge on any atom is -0.493 e. The zero-order valence-electron chi connectivity index (χ0n) is 12.7. The quantitative estimate of drug-likeness (QED) is 0.638. The maximum Gasteiger partial charge on any atom is 0.187 e. The van der Waals surface area contributed by atoms with Crippen LogP contribution in [-0.2, 0) is 0 Å². The highest BCUT2D eigenvalue weighted by Gasteiger charge is 2.09. The lowest BCUT2D eigenvalue weighted by Crippen LogP contribution is -1.91. The van der Waals surface area contributed by atoms with Crippen molar-refractivity contribution in [2.24, 2.45) is 0 Å². The first-order chi connectivity index (χ1) is 11.2. The number of ether oxygens (including phenoxy) is 2. The molecule has 0 amide bonds. The molecule has 0 atom stereocenters. The predicted molar refractivity (Wildman–Crippen MR) is 98.1 cm³/mol. The molecule has 0 fully saturated rings. The lowest BCUT2D eigenvalue weighted by atomic mass is 10.1. The van der Waals surface area contributed by atoms with E-state index in [0.717, 1.165) is 26.5 Å². The largest absolute Gasteiger partial charge is 0.493 e. The van der Waals surface area contributed by atoms with Crippen molar-refractivity contribution >= 4 is 38.1 Å². The van der Waals surface area contributed by atoms with Crippen LogP contribution in [0.1, 0.15) is 0 Å². The second-order valence-electron chi connectivity index (χ2n) is 4.74. The van der Waals surface area contributed by atoms with Gasteiger partial charge in [-0.2, -0.15) is 0 Å². The number of hydrogen-bond acceptors (Lipinski definition) is 5. The lowest BCUT2D eigenvalue weighted by molar-refractivity contribution is 0.355. The number of thiazole rings is 1. The Kier molecular flexibility index (Phi) is 4.83. The van der Waals surface area contributed by atoms with Crippen LogP contribution in [0.2, 0.25) is 0 Å². The van der Waals surface area contributed by atoms with Gasteiger partial charge in [-0.05, 0) is 42.5 Å². The Balaban J connectivity index is 1.82. The molecule has 0 aliphatic carbocycles. The molecule has 6 heteroatoms. The summed E-state index contributed by atoms with van der Waals surface area (Å²) >= 11 is 4.99. The Morgan fingerprint density at radius 3 is 2.43 bits per heavy atom. The molecule has 118 valence electrons. The molecule has 3 rings (SSSR count). The first-order valence-electron chi connectivity index (χ1n) is 6.90. The van der Waals surface area contributed by atoms with E-state index in [0.29, 0.717) is 11.5 Å². The predicted octanol–water partition coefficient (Wildman–Crippen LogP) is 5.33. The first kappa shape index (κ1) is 15.8. The minimum atomic E-state index is 0.695. The average molecular weight is 391 g/mol. The highest BCUT2D eigenvalue weighted by Crippen LogP contribution is 2.34. The normalized spacial score (nSPS) is 10.4. The number of methoxy groups -OCH3 is 2. The monoisotopic (exact) mass is 390 g/mol. The summed E-state index contributed by atoms with van der Waals surface area (Å²) in [5.41, 5.74) is 2.89. The number of nitrogens with zero attached hydrogens (tertiary/aromatic N) is 1. The maximum atomic E-state index is 5.34. The van der Waals surface area contributed by atoms with Gasteiger partial charge in [0.2, 0.25) is 0 Å². The smallest absolute Gasteiger partial charge is 0.187 e. The van der Waals surface area contributed by atoms with Gasteiger partial charge in [0.1, 0.15) is 0 Å². The number of benzene rings is 2. The van der Waals surface area contributed by atoms with Crippen LogP contribution in [0.4, 0.5) is 10.8 Å². The van der Waals surface area contributed by atoms with Crippen molar-refractivity contribution < 1.29 is 9.47 Å². The van der Waals surface area contributed by atoms with Gasteiger partial charge in [-0.1, -0.05) is 15.9 Å². The minimum absolute atomic E-state index is 0.695. The molecule has 3 aromatic rings. The number of halogens is 1. The molecule has 1 N–H and O–H groups in total. The van der Waals surface area contributed by atoms with E-state index in [4.69, 9.17) is 9.47 Å².